The number of nitrogens with one attached hydrogen (secondary N) is 1. The molecule has 0 radical (unpaired) electrons. The number of carbonyl (C=O) groups excluding carboxylic acids is 1. The molecule has 1 fully saturated rings. The lowest BCUT2D eigenvalue weighted by Gasteiger charge is -2.13. The van der Waals surface area contributed by atoms with Gasteiger partial charge in [0.05, 0.1) is 11.4 Å². The lowest BCUT2D eigenvalue weighted by molar-refractivity contribution is 0.143. The first-order chi connectivity index (χ1) is 11.5. The molecule has 1 saturated heterocycles. The van der Waals surface area contributed by atoms with E-state index >= 15 is 0 Å². The van der Waals surface area contributed by atoms with E-state index in [0.29, 0.717) is 5.69 Å². The molecule has 0 bridgehead atoms. The number of rotatable bonds is 5. The van der Waals surface area contributed by atoms with Gasteiger partial charge in [0, 0.05) is 12.2 Å². The van der Waals surface area contributed by atoms with E-state index in [9.17, 15) is 17.6 Å². The summed E-state index contributed by atoms with van der Waals surface area (Å²) in [6, 6.07) is 13.4. The van der Waals surface area contributed by atoms with Crippen LogP contribution in [-0.4, -0.2) is 33.7 Å². The summed E-state index contributed by atoms with van der Waals surface area (Å²) in [5.74, 6) is -0.404. The zero-order valence-corrected chi connectivity index (χ0v) is 13.4. The molecule has 3 rings (SSSR count). The third kappa shape index (κ3) is 3.55. The minimum Gasteiger partial charge on any atom is -0.443 e. The monoisotopic (exact) mass is 350 g/mol. The molecule has 1 atom stereocenters. The summed E-state index contributed by atoms with van der Waals surface area (Å²) in [5, 5.41) is 0. The topological polar surface area (TPSA) is 75.7 Å². The van der Waals surface area contributed by atoms with Gasteiger partial charge in [-0.3, -0.25) is 4.90 Å². The van der Waals surface area contributed by atoms with E-state index in [1.807, 2.05) is 0 Å². The summed E-state index contributed by atoms with van der Waals surface area (Å²) in [4.78, 5) is 13.4. The SMILES string of the molecule is O=C1OC(CNS(=O)(=O)c2ccccc2)CN1c1ccc(F)cc1. The Balaban J connectivity index is 1.63. The molecule has 2 aromatic carbocycles. The van der Waals surface area contributed by atoms with Gasteiger partial charge in [0.2, 0.25) is 10.0 Å². The van der Waals surface area contributed by atoms with E-state index < -0.39 is 28.0 Å². The van der Waals surface area contributed by atoms with Gasteiger partial charge in [0.25, 0.3) is 0 Å². The predicted molar refractivity (Wildman–Crippen MR) is 85.6 cm³/mol. The van der Waals surface area contributed by atoms with Crippen molar-refractivity contribution >= 4 is 21.8 Å². The molecule has 1 aliphatic heterocycles. The second kappa shape index (κ2) is 6.58. The van der Waals surface area contributed by atoms with Crippen LogP contribution in [0, 0.1) is 5.82 Å². The van der Waals surface area contributed by atoms with Gasteiger partial charge < -0.3 is 4.74 Å². The quantitative estimate of drug-likeness (QED) is 0.896. The zero-order valence-electron chi connectivity index (χ0n) is 12.6. The first kappa shape index (κ1) is 16.4. The van der Waals surface area contributed by atoms with E-state index in [1.54, 1.807) is 18.2 Å². The maximum Gasteiger partial charge on any atom is 0.414 e. The van der Waals surface area contributed by atoms with Crippen LogP contribution in [0.3, 0.4) is 0 Å². The Morgan fingerprint density at radius 3 is 2.46 bits per heavy atom. The van der Waals surface area contributed by atoms with Crippen molar-refractivity contribution in [3.05, 3.63) is 60.4 Å². The third-order valence-electron chi connectivity index (χ3n) is 3.57. The molecule has 1 N–H and O–H groups in total. The van der Waals surface area contributed by atoms with E-state index in [0.717, 1.165) is 0 Å². The molecular formula is C16H15FN2O4S. The Labute approximate surface area is 138 Å². The molecule has 0 saturated carbocycles. The van der Waals surface area contributed by atoms with Crippen LogP contribution >= 0.6 is 0 Å². The second-order valence-electron chi connectivity index (χ2n) is 5.26. The van der Waals surface area contributed by atoms with Crippen LogP contribution in [0.2, 0.25) is 0 Å². The highest BCUT2D eigenvalue weighted by Gasteiger charge is 2.33. The Morgan fingerprint density at radius 1 is 1.12 bits per heavy atom. The van der Waals surface area contributed by atoms with Crippen molar-refractivity contribution in [1.82, 2.24) is 4.72 Å². The molecule has 2 aromatic rings. The summed E-state index contributed by atoms with van der Waals surface area (Å²) in [5.41, 5.74) is 0.495. The summed E-state index contributed by atoms with van der Waals surface area (Å²) < 4.78 is 44.8. The number of ether oxygens (including phenoxy) is 1. The number of cyclic esters (lactones) is 1. The van der Waals surface area contributed by atoms with Gasteiger partial charge in [-0.2, -0.15) is 0 Å². The number of sulfonamides is 1. The number of anilines is 1. The Hall–Kier alpha value is -2.45. The zero-order chi connectivity index (χ0) is 17.2. The van der Waals surface area contributed by atoms with Gasteiger partial charge in [0.1, 0.15) is 11.9 Å². The summed E-state index contributed by atoms with van der Waals surface area (Å²) in [6.07, 6.45) is -1.22. The number of hydrogen-bond acceptors (Lipinski definition) is 4. The molecule has 0 aromatic heterocycles. The van der Waals surface area contributed by atoms with E-state index in [1.165, 1.54) is 41.3 Å². The number of hydrogen-bond donors (Lipinski definition) is 1. The summed E-state index contributed by atoms with van der Waals surface area (Å²) in [7, 11) is -3.66. The van der Waals surface area contributed by atoms with Gasteiger partial charge in [-0.25, -0.2) is 22.3 Å². The van der Waals surface area contributed by atoms with Crippen LogP contribution in [0.5, 0.6) is 0 Å². The van der Waals surface area contributed by atoms with Crippen LogP contribution in [0.25, 0.3) is 0 Å². The Kier molecular flexibility index (Phi) is 4.50. The van der Waals surface area contributed by atoms with Crippen molar-refractivity contribution < 1.29 is 22.3 Å². The van der Waals surface area contributed by atoms with Crippen LogP contribution in [0.1, 0.15) is 0 Å². The Morgan fingerprint density at radius 2 is 1.79 bits per heavy atom. The van der Waals surface area contributed by atoms with Crippen molar-refractivity contribution in [2.45, 2.75) is 11.0 Å². The van der Waals surface area contributed by atoms with Gasteiger partial charge in [-0.05, 0) is 36.4 Å². The number of benzene rings is 2. The molecule has 0 aliphatic carbocycles. The molecule has 0 spiro atoms. The maximum absolute atomic E-state index is 12.9. The molecule has 6 nitrogen and oxygen atoms in total. The summed E-state index contributed by atoms with van der Waals surface area (Å²) in [6.45, 7) is 0.141. The van der Waals surface area contributed by atoms with Crippen molar-refractivity contribution in [2.75, 3.05) is 18.0 Å². The highest BCUT2D eigenvalue weighted by molar-refractivity contribution is 7.89. The fraction of sp³-hybridized carbons (Fsp3) is 0.188. The lowest BCUT2D eigenvalue weighted by Crippen LogP contribution is -2.34. The van der Waals surface area contributed by atoms with Crippen molar-refractivity contribution in [3.8, 4) is 0 Å². The molecule has 1 aliphatic rings. The van der Waals surface area contributed by atoms with E-state index in [4.69, 9.17) is 4.74 Å². The fourth-order valence-corrected chi connectivity index (χ4v) is 3.43. The highest BCUT2D eigenvalue weighted by Crippen LogP contribution is 2.21. The van der Waals surface area contributed by atoms with Gasteiger partial charge in [-0.1, -0.05) is 18.2 Å². The van der Waals surface area contributed by atoms with Crippen molar-refractivity contribution in [3.63, 3.8) is 0 Å². The molecule has 1 amide bonds. The van der Waals surface area contributed by atoms with Gasteiger partial charge >= 0.3 is 6.09 Å². The van der Waals surface area contributed by atoms with Crippen molar-refractivity contribution in [2.24, 2.45) is 0 Å². The van der Waals surface area contributed by atoms with Crippen molar-refractivity contribution in [1.29, 1.82) is 0 Å². The predicted octanol–water partition coefficient (Wildman–Crippen LogP) is 2.13. The molecular weight excluding hydrogens is 335 g/mol. The average molecular weight is 350 g/mol. The first-order valence-electron chi connectivity index (χ1n) is 7.24. The second-order valence-corrected chi connectivity index (χ2v) is 7.02. The number of amides is 1. The number of halogens is 1. The average Bonchev–Trinajstić information content (AvgIpc) is 2.96. The minimum absolute atomic E-state index is 0.0410. The Bertz CT molecular complexity index is 825. The van der Waals surface area contributed by atoms with Gasteiger partial charge in [0.15, 0.2) is 0 Å². The molecule has 1 heterocycles. The van der Waals surface area contributed by atoms with E-state index in [2.05, 4.69) is 4.72 Å². The molecule has 1 unspecified atom stereocenters. The number of carbonyl (C=O) groups is 1. The maximum atomic E-state index is 12.9. The largest absolute Gasteiger partial charge is 0.443 e. The van der Waals surface area contributed by atoms with Crippen LogP contribution < -0.4 is 9.62 Å². The first-order valence-corrected chi connectivity index (χ1v) is 8.72. The standard InChI is InChI=1S/C16H15FN2O4S/c17-12-6-8-13(9-7-12)19-11-14(23-16(19)20)10-18-24(21,22)15-4-2-1-3-5-15/h1-9,14,18H,10-11H2. The smallest absolute Gasteiger partial charge is 0.414 e. The molecule has 126 valence electrons. The fourth-order valence-electron chi connectivity index (χ4n) is 2.35. The summed E-state index contributed by atoms with van der Waals surface area (Å²) >= 11 is 0. The normalized spacial score (nSPS) is 17.8. The number of nitrogens with zero attached hydrogens (tertiary/aromatic N) is 1. The lowest BCUT2D eigenvalue weighted by atomic mass is 10.2. The molecule has 8 heteroatoms. The van der Waals surface area contributed by atoms with E-state index in [-0.39, 0.29) is 18.0 Å². The molecule has 24 heavy (non-hydrogen) atoms. The van der Waals surface area contributed by atoms with Crippen LogP contribution in [0.4, 0.5) is 14.9 Å². The third-order valence-corrected chi connectivity index (χ3v) is 5.01. The van der Waals surface area contributed by atoms with Crippen LogP contribution in [0.15, 0.2) is 59.5 Å². The van der Waals surface area contributed by atoms with Gasteiger partial charge in [-0.15, -0.1) is 0 Å². The minimum atomic E-state index is -3.66. The highest BCUT2D eigenvalue weighted by atomic mass is 32.2. The van der Waals surface area contributed by atoms with Crippen LogP contribution in [-0.2, 0) is 14.8 Å².